The first-order chi connectivity index (χ1) is 9.81. The van der Waals surface area contributed by atoms with Gasteiger partial charge in [-0.2, -0.15) is 0 Å². The Kier molecular flexibility index (Phi) is 5.19. The molecule has 0 aliphatic heterocycles. The van der Waals surface area contributed by atoms with Crippen LogP contribution in [0.25, 0.3) is 0 Å². The van der Waals surface area contributed by atoms with Gasteiger partial charge in [0.2, 0.25) is 5.91 Å². The maximum absolute atomic E-state index is 12.2. The van der Waals surface area contributed by atoms with Crippen molar-refractivity contribution in [1.82, 2.24) is 25.5 Å². The fraction of sp³-hybridized carbons (Fsp3) is 0.385. The van der Waals surface area contributed by atoms with Gasteiger partial charge in [-0.15, -0.1) is 5.10 Å². The number of rotatable bonds is 7. The van der Waals surface area contributed by atoms with Gasteiger partial charge in [-0.05, 0) is 22.4 Å². The first-order valence-corrected chi connectivity index (χ1v) is 6.46. The minimum Gasteiger partial charge on any atom is -0.396 e. The lowest BCUT2D eigenvalue weighted by molar-refractivity contribution is -0.124. The molecule has 1 aromatic carbocycles. The van der Waals surface area contributed by atoms with E-state index in [4.69, 9.17) is 5.11 Å². The zero-order valence-electron chi connectivity index (χ0n) is 11.0. The van der Waals surface area contributed by atoms with E-state index in [0.717, 1.165) is 5.56 Å². The highest BCUT2D eigenvalue weighted by Crippen LogP contribution is 2.13. The lowest BCUT2D eigenvalue weighted by Gasteiger charge is -2.16. The maximum atomic E-state index is 12.2. The predicted octanol–water partition coefficient (Wildman–Crippen LogP) is -0.0445. The van der Waals surface area contributed by atoms with Crippen LogP contribution < -0.4 is 5.32 Å². The zero-order valence-corrected chi connectivity index (χ0v) is 11.0. The average Bonchev–Trinajstić information content (AvgIpc) is 3.00. The Morgan fingerprint density at radius 3 is 2.80 bits per heavy atom. The van der Waals surface area contributed by atoms with Gasteiger partial charge in [0.05, 0.1) is 0 Å². The molecule has 1 aromatic heterocycles. The Bertz CT molecular complexity index is 515. The van der Waals surface area contributed by atoms with Gasteiger partial charge in [0.25, 0.3) is 0 Å². The van der Waals surface area contributed by atoms with E-state index in [1.807, 2.05) is 30.3 Å². The Hall–Kier alpha value is -2.28. The standard InChI is InChI=1S/C13H17N5O2/c19-8-4-7-14-13(20)12(18-10-15-16-17-18)9-11-5-2-1-3-6-11/h1-3,5-6,10,12,19H,4,7-9H2,(H,14,20). The summed E-state index contributed by atoms with van der Waals surface area (Å²) in [7, 11) is 0. The van der Waals surface area contributed by atoms with E-state index in [1.165, 1.54) is 11.0 Å². The fourth-order valence-corrected chi connectivity index (χ4v) is 1.86. The number of carbonyl (C=O) groups is 1. The molecule has 106 valence electrons. The molecule has 1 amide bonds. The van der Waals surface area contributed by atoms with Crippen LogP contribution in [0.2, 0.25) is 0 Å². The molecule has 0 bridgehead atoms. The summed E-state index contributed by atoms with van der Waals surface area (Å²) in [5, 5.41) is 22.5. The normalized spacial score (nSPS) is 12.1. The quantitative estimate of drug-likeness (QED) is 0.691. The molecule has 7 nitrogen and oxygen atoms in total. The average molecular weight is 275 g/mol. The van der Waals surface area contributed by atoms with Gasteiger partial charge in [-0.3, -0.25) is 4.79 Å². The molecule has 0 aliphatic carbocycles. The molecule has 2 N–H and O–H groups in total. The molecule has 1 unspecified atom stereocenters. The minimum atomic E-state index is -0.494. The Labute approximate surface area is 116 Å². The van der Waals surface area contributed by atoms with E-state index in [1.54, 1.807) is 0 Å². The summed E-state index contributed by atoms with van der Waals surface area (Å²) in [6, 6.07) is 9.20. The molecule has 0 radical (unpaired) electrons. The number of nitrogens with zero attached hydrogens (tertiary/aromatic N) is 4. The molecule has 1 atom stereocenters. The van der Waals surface area contributed by atoms with Crippen molar-refractivity contribution in [2.45, 2.75) is 18.9 Å². The van der Waals surface area contributed by atoms with Crippen molar-refractivity contribution in [3.8, 4) is 0 Å². The van der Waals surface area contributed by atoms with Gasteiger partial charge in [0.1, 0.15) is 12.4 Å². The second kappa shape index (κ2) is 7.34. The number of nitrogens with one attached hydrogen (secondary N) is 1. The first-order valence-electron chi connectivity index (χ1n) is 6.46. The van der Waals surface area contributed by atoms with Crippen LogP contribution in [0.4, 0.5) is 0 Å². The third-order valence-electron chi connectivity index (χ3n) is 2.89. The highest BCUT2D eigenvalue weighted by molar-refractivity contribution is 5.80. The zero-order chi connectivity index (χ0) is 14.2. The van der Waals surface area contributed by atoms with Gasteiger partial charge in [-0.25, -0.2) is 4.68 Å². The van der Waals surface area contributed by atoms with Crippen molar-refractivity contribution in [3.05, 3.63) is 42.2 Å². The van der Waals surface area contributed by atoms with Crippen LogP contribution in [-0.4, -0.2) is 44.4 Å². The largest absolute Gasteiger partial charge is 0.396 e. The fourth-order valence-electron chi connectivity index (χ4n) is 1.86. The Morgan fingerprint density at radius 2 is 2.15 bits per heavy atom. The summed E-state index contributed by atoms with van der Waals surface area (Å²) < 4.78 is 1.45. The SMILES string of the molecule is O=C(NCCCO)C(Cc1ccccc1)n1cnnn1. The molecule has 0 saturated heterocycles. The molecular formula is C13H17N5O2. The second-order valence-electron chi connectivity index (χ2n) is 4.36. The van der Waals surface area contributed by atoms with Gasteiger partial charge in [0, 0.05) is 19.6 Å². The topological polar surface area (TPSA) is 92.9 Å². The lowest BCUT2D eigenvalue weighted by atomic mass is 10.1. The monoisotopic (exact) mass is 275 g/mol. The van der Waals surface area contributed by atoms with E-state index in [9.17, 15) is 4.79 Å². The molecule has 7 heteroatoms. The van der Waals surface area contributed by atoms with E-state index in [-0.39, 0.29) is 12.5 Å². The van der Waals surface area contributed by atoms with Crippen molar-refractivity contribution in [1.29, 1.82) is 0 Å². The number of hydrogen-bond donors (Lipinski definition) is 2. The molecule has 1 heterocycles. The Morgan fingerprint density at radius 1 is 1.35 bits per heavy atom. The third kappa shape index (κ3) is 3.86. The predicted molar refractivity (Wildman–Crippen MR) is 71.7 cm³/mol. The summed E-state index contributed by atoms with van der Waals surface area (Å²) in [4.78, 5) is 12.2. The number of carbonyl (C=O) groups excluding carboxylic acids is 1. The minimum absolute atomic E-state index is 0.0501. The summed E-state index contributed by atoms with van der Waals surface area (Å²) >= 11 is 0. The number of benzene rings is 1. The highest BCUT2D eigenvalue weighted by atomic mass is 16.3. The van der Waals surface area contributed by atoms with E-state index in [2.05, 4.69) is 20.8 Å². The van der Waals surface area contributed by atoms with E-state index in [0.29, 0.717) is 19.4 Å². The van der Waals surface area contributed by atoms with Crippen LogP contribution in [0.15, 0.2) is 36.7 Å². The van der Waals surface area contributed by atoms with Crippen LogP contribution in [0, 0.1) is 0 Å². The Balaban J connectivity index is 2.07. The summed E-state index contributed by atoms with van der Waals surface area (Å²) in [5.74, 6) is -0.158. The van der Waals surface area contributed by atoms with Crippen LogP contribution in [0.1, 0.15) is 18.0 Å². The van der Waals surface area contributed by atoms with Crippen LogP contribution in [0.3, 0.4) is 0 Å². The molecular weight excluding hydrogens is 258 g/mol. The number of aliphatic hydroxyl groups is 1. The molecule has 2 rings (SSSR count). The van der Waals surface area contributed by atoms with Gasteiger partial charge in [-0.1, -0.05) is 30.3 Å². The smallest absolute Gasteiger partial charge is 0.245 e. The first kappa shape index (κ1) is 14.1. The van der Waals surface area contributed by atoms with Gasteiger partial charge in [0.15, 0.2) is 0 Å². The second-order valence-corrected chi connectivity index (χ2v) is 4.36. The van der Waals surface area contributed by atoms with Crippen LogP contribution in [0.5, 0.6) is 0 Å². The van der Waals surface area contributed by atoms with Crippen LogP contribution >= 0.6 is 0 Å². The third-order valence-corrected chi connectivity index (χ3v) is 2.89. The van der Waals surface area contributed by atoms with Crippen molar-refractivity contribution in [2.75, 3.05) is 13.2 Å². The molecule has 20 heavy (non-hydrogen) atoms. The van der Waals surface area contributed by atoms with Gasteiger partial charge >= 0.3 is 0 Å². The molecule has 0 fully saturated rings. The number of aliphatic hydroxyl groups excluding tert-OH is 1. The number of amides is 1. The lowest BCUT2D eigenvalue weighted by Crippen LogP contribution is -2.35. The molecule has 0 aliphatic rings. The molecule has 2 aromatic rings. The maximum Gasteiger partial charge on any atom is 0.245 e. The van der Waals surface area contributed by atoms with Crippen LogP contribution in [-0.2, 0) is 11.2 Å². The van der Waals surface area contributed by atoms with Gasteiger partial charge < -0.3 is 10.4 Å². The van der Waals surface area contributed by atoms with Crippen molar-refractivity contribution in [2.24, 2.45) is 0 Å². The van der Waals surface area contributed by atoms with E-state index >= 15 is 0 Å². The van der Waals surface area contributed by atoms with Crippen molar-refractivity contribution < 1.29 is 9.90 Å². The van der Waals surface area contributed by atoms with Crippen molar-refractivity contribution in [3.63, 3.8) is 0 Å². The van der Waals surface area contributed by atoms with Crippen molar-refractivity contribution >= 4 is 5.91 Å². The molecule has 0 saturated carbocycles. The number of hydrogen-bond acceptors (Lipinski definition) is 5. The summed E-state index contributed by atoms with van der Waals surface area (Å²) in [6.07, 6.45) is 2.47. The highest BCUT2D eigenvalue weighted by Gasteiger charge is 2.21. The summed E-state index contributed by atoms with van der Waals surface area (Å²) in [6.45, 7) is 0.483. The van der Waals surface area contributed by atoms with E-state index < -0.39 is 6.04 Å². The summed E-state index contributed by atoms with van der Waals surface area (Å²) in [5.41, 5.74) is 1.03. The molecule has 0 spiro atoms. The number of aromatic nitrogens is 4. The number of tetrazole rings is 1.